The molecular weight excluding hydrogens is 458 g/mol. The molecule has 0 spiro atoms. The normalized spacial score (nSPS) is 18.6. The minimum absolute atomic E-state index is 0.0111. The molecule has 2 fully saturated rings. The quantitative estimate of drug-likeness (QED) is 0.501. The Bertz CT molecular complexity index is 1200. The van der Waals surface area contributed by atoms with Gasteiger partial charge in [-0.2, -0.15) is 4.68 Å². The predicted octanol–water partition coefficient (Wildman–Crippen LogP) is 2.07. The number of carbonyl (C=O) groups excluding carboxylic acids is 2. The number of hydrogen-bond donors (Lipinski definition) is 0. The maximum absolute atomic E-state index is 13.2. The van der Waals surface area contributed by atoms with Crippen molar-refractivity contribution in [2.75, 3.05) is 44.2 Å². The first-order valence-electron chi connectivity index (χ1n) is 12.4. The fraction of sp³-hybridized carbons (Fsp3) is 0.423. The molecule has 2 aliphatic rings. The van der Waals surface area contributed by atoms with Crippen molar-refractivity contribution in [2.45, 2.75) is 26.8 Å². The summed E-state index contributed by atoms with van der Waals surface area (Å²) in [5, 5.41) is 12.2. The molecule has 36 heavy (non-hydrogen) atoms. The van der Waals surface area contributed by atoms with Crippen LogP contribution < -0.4 is 9.64 Å². The highest BCUT2D eigenvalue weighted by Crippen LogP contribution is 2.27. The van der Waals surface area contributed by atoms with Crippen LogP contribution >= 0.6 is 0 Å². The molecule has 2 aromatic carbocycles. The molecule has 2 amide bonds. The summed E-state index contributed by atoms with van der Waals surface area (Å²) in [6, 6.07) is 15.5. The van der Waals surface area contributed by atoms with Crippen LogP contribution in [0.5, 0.6) is 5.75 Å². The Kier molecular flexibility index (Phi) is 6.95. The van der Waals surface area contributed by atoms with E-state index in [9.17, 15) is 9.59 Å². The first kappa shape index (κ1) is 23.9. The summed E-state index contributed by atoms with van der Waals surface area (Å²) in [5.41, 5.74) is 2.87. The largest absolute Gasteiger partial charge is 0.494 e. The molecule has 10 heteroatoms. The summed E-state index contributed by atoms with van der Waals surface area (Å²) in [6.07, 6.45) is 0.268. The van der Waals surface area contributed by atoms with Gasteiger partial charge in [0.1, 0.15) is 5.75 Å². The van der Waals surface area contributed by atoms with Gasteiger partial charge >= 0.3 is 0 Å². The highest BCUT2D eigenvalue weighted by Gasteiger charge is 2.38. The van der Waals surface area contributed by atoms with E-state index in [1.165, 1.54) is 0 Å². The second kappa shape index (κ2) is 10.4. The van der Waals surface area contributed by atoms with Crippen LogP contribution in [0.2, 0.25) is 0 Å². The number of tetrazole rings is 1. The average Bonchev–Trinajstić information content (AvgIpc) is 3.52. The summed E-state index contributed by atoms with van der Waals surface area (Å²) in [6.45, 7) is 8.32. The molecule has 1 atom stereocenters. The SMILES string of the molecule is CCOc1ccc(-n2nnnc2CN2CCN(C(=O)C3CC(=O)N(c4ccc(C)cc4)C3)CC2)cc1. The zero-order chi connectivity index (χ0) is 25.1. The van der Waals surface area contributed by atoms with Crippen LogP contribution in [0.4, 0.5) is 5.69 Å². The van der Waals surface area contributed by atoms with Crippen LogP contribution in [0, 0.1) is 12.8 Å². The molecule has 3 heterocycles. The summed E-state index contributed by atoms with van der Waals surface area (Å²) in [5.74, 6) is 1.34. The third-order valence-electron chi connectivity index (χ3n) is 6.80. The van der Waals surface area contributed by atoms with Crippen molar-refractivity contribution in [3.63, 3.8) is 0 Å². The number of aromatic nitrogens is 4. The number of rotatable bonds is 7. The average molecular weight is 490 g/mol. The van der Waals surface area contributed by atoms with E-state index in [2.05, 4.69) is 20.4 Å². The van der Waals surface area contributed by atoms with Gasteiger partial charge in [-0.15, -0.1) is 5.10 Å². The number of benzene rings is 2. The van der Waals surface area contributed by atoms with Crippen molar-refractivity contribution in [1.29, 1.82) is 0 Å². The minimum atomic E-state index is -0.294. The van der Waals surface area contributed by atoms with Crippen molar-refractivity contribution in [3.05, 3.63) is 59.9 Å². The smallest absolute Gasteiger partial charge is 0.228 e. The van der Waals surface area contributed by atoms with Crippen LogP contribution in [0.3, 0.4) is 0 Å². The van der Waals surface area contributed by atoms with E-state index < -0.39 is 0 Å². The van der Waals surface area contributed by atoms with Gasteiger partial charge in [-0.3, -0.25) is 14.5 Å². The third kappa shape index (κ3) is 5.08. The van der Waals surface area contributed by atoms with Crippen LogP contribution in [0.1, 0.15) is 24.7 Å². The molecule has 2 aliphatic heterocycles. The molecule has 2 saturated heterocycles. The molecule has 0 radical (unpaired) electrons. The lowest BCUT2D eigenvalue weighted by atomic mass is 10.1. The molecule has 188 valence electrons. The Labute approximate surface area is 210 Å². The van der Waals surface area contributed by atoms with Gasteiger partial charge in [0.2, 0.25) is 11.8 Å². The van der Waals surface area contributed by atoms with E-state index in [4.69, 9.17) is 4.74 Å². The number of hydrogen-bond acceptors (Lipinski definition) is 7. The standard InChI is InChI=1S/C26H31N7O3/c1-3-36-23-10-8-22(9-11-23)33-24(27-28-29-33)18-30-12-14-31(15-13-30)26(35)20-16-25(34)32(17-20)21-6-4-19(2)5-7-21/h4-11,20H,3,12-18H2,1-2H3. The fourth-order valence-electron chi connectivity index (χ4n) is 4.79. The third-order valence-corrected chi connectivity index (χ3v) is 6.80. The number of nitrogens with zero attached hydrogens (tertiary/aromatic N) is 7. The number of piperazine rings is 1. The Hall–Kier alpha value is -3.79. The van der Waals surface area contributed by atoms with Gasteiger partial charge in [0.25, 0.3) is 0 Å². The number of carbonyl (C=O) groups is 2. The summed E-state index contributed by atoms with van der Waals surface area (Å²) >= 11 is 0. The van der Waals surface area contributed by atoms with E-state index in [-0.39, 0.29) is 24.2 Å². The summed E-state index contributed by atoms with van der Waals surface area (Å²) < 4.78 is 7.25. The van der Waals surface area contributed by atoms with Gasteiger partial charge in [0, 0.05) is 44.8 Å². The highest BCUT2D eigenvalue weighted by molar-refractivity contribution is 6.00. The lowest BCUT2D eigenvalue weighted by Crippen LogP contribution is -2.50. The van der Waals surface area contributed by atoms with Gasteiger partial charge in [-0.05, 0) is 60.7 Å². The van der Waals surface area contributed by atoms with E-state index in [1.807, 2.05) is 67.3 Å². The van der Waals surface area contributed by atoms with E-state index >= 15 is 0 Å². The number of aryl methyl sites for hydroxylation is 1. The lowest BCUT2D eigenvalue weighted by molar-refractivity contribution is -0.137. The second-order valence-electron chi connectivity index (χ2n) is 9.28. The molecular formula is C26H31N7O3. The van der Waals surface area contributed by atoms with E-state index in [0.717, 1.165) is 41.6 Å². The molecule has 0 N–H and O–H groups in total. The molecule has 0 saturated carbocycles. The minimum Gasteiger partial charge on any atom is -0.494 e. The van der Waals surface area contributed by atoms with Crippen LogP contribution in [-0.2, 0) is 16.1 Å². The van der Waals surface area contributed by atoms with Crippen LogP contribution in [-0.4, -0.2) is 81.2 Å². The van der Waals surface area contributed by atoms with Crippen molar-refractivity contribution in [3.8, 4) is 11.4 Å². The number of ether oxygens (including phenoxy) is 1. The van der Waals surface area contributed by atoms with Crippen LogP contribution in [0.25, 0.3) is 5.69 Å². The summed E-state index contributed by atoms with van der Waals surface area (Å²) in [4.78, 5) is 31.7. The van der Waals surface area contributed by atoms with Crippen molar-refractivity contribution in [1.82, 2.24) is 30.0 Å². The fourth-order valence-corrected chi connectivity index (χ4v) is 4.79. The lowest BCUT2D eigenvalue weighted by Gasteiger charge is -2.35. The zero-order valence-corrected chi connectivity index (χ0v) is 20.7. The molecule has 1 unspecified atom stereocenters. The molecule has 10 nitrogen and oxygen atoms in total. The van der Waals surface area contributed by atoms with Gasteiger partial charge in [-0.1, -0.05) is 17.7 Å². The van der Waals surface area contributed by atoms with E-state index in [1.54, 1.807) is 9.58 Å². The Morgan fingerprint density at radius 1 is 1.00 bits per heavy atom. The number of anilines is 1. The zero-order valence-electron chi connectivity index (χ0n) is 20.7. The maximum Gasteiger partial charge on any atom is 0.228 e. The van der Waals surface area contributed by atoms with Gasteiger partial charge in [0.15, 0.2) is 5.82 Å². The van der Waals surface area contributed by atoms with Crippen molar-refractivity contribution < 1.29 is 14.3 Å². The highest BCUT2D eigenvalue weighted by atomic mass is 16.5. The van der Waals surface area contributed by atoms with Gasteiger partial charge < -0.3 is 14.5 Å². The Balaban J connectivity index is 1.15. The molecule has 1 aromatic heterocycles. The predicted molar refractivity (Wildman–Crippen MR) is 134 cm³/mol. The first-order valence-corrected chi connectivity index (χ1v) is 12.4. The number of amides is 2. The van der Waals surface area contributed by atoms with Gasteiger partial charge in [-0.25, -0.2) is 0 Å². The van der Waals surface area contributed by atoms with E-state index in [0.29, 0.717) is 32.8 Å². The summed E-state index contributed by atoms with van der Waals surface area (Å²) in [7, 11) is 0. The molecule has 0 bridgehead atoms. The monoisotopic (exact) mass is 489 g/mol. The van der Waals surface area contributed by atoms with Crippen molar-refractivity contribution >= 4 is 17.5 Å². The van der Waals surface area contributed by atoms with Gasteiger partial charge in [0.05, 0.1) is 24.8 Å². The van der Waals surface area contributed by atoms with Crippen molar-refractivity contribution in [2.24, 2.45) is 5.92 Å². The maximum atomic E-state index is 13.2. The topological polar surface area (TPSA) is 96.7 Å². The Morgan fingerprint density at radius 2 is 1.69 bits per heavy atom. The Morgan fingerprint density at radius 3 is 2.39 bits per heavy atom. The molecule has 0 aliphatic carbocycles. The molecule has 5 rings (SSSR count). The second-order valence-corrected chi connectivity index (χ2v) is 9.28. The van der Waals surface area contributed by atoms with Crippen LogP contribution in [0.15, 0.2) is 48.5 Å². The molecule has 3 aromatic rings. The first-order chi connectivity index (χ1) is 17.5.